The number of aliphatic hydroxyl groups is 1. The second kappa shape index (κ2) is 5.79. The van der Waals surface area contributed by atoms with Gasteiger partial charge in [-0.2, -0.15) is 5.26 Å². The fraction of sp³-hybridized carbons (Fsp3) is 0.250. The third-order valence-electron chi connectivity index (χ3n) is 3.94. The maximum Gasteiger partial charge on any atom is 0.332 e. The molecule has 0 saturated carbocycles. The Morgan fingerprint density at radius 2 is 1.88 bits per heavy atom. The minimum Gasteiger partial charge on any atom is -0.369 e. The second-order valence-electron chi connectivity index (χ2n) is 5.40. The van der Waals surface area contributed by atoms with E-state index in [1.54, 1.807) is 30.3 Å². The highest BCUT2D eigenvalue weighted by Crippen LogP contribution is 2.22. The molecule has 24 heavy (non-hydrogen) atoms. The zero-order valence-electron chi connectivity index (χ0n) is 13.2. The fourth-order valence-corrected chi connectivity index (χ4v) is 2.69. The zero-order valence-corrected chi connectivity index (χ0v) is 13.2. The van der Waals surface area contributed by atoms with Crippen molar-refractivity contribution in [2.24, 2.45) is 14.1 Å². The van der Waals surface area contributed by atoms with Gasteiger partial charge in [0.25, 0.3) is 5.56 Å². The van der Waals surface area contributed by atoms with Gasteiger partial charge in [-0.25, -0.2) is 9.78 Å². The summed E-state index contributed by atoms with van der Waals surface area (Å²) in [5.74, 6) is 0.224. The summed E-state index contributed by atoms with van der Waals surface area (Å²) in [4.78, 5) is 28.9. The summed E-state index contributed by atoms with van der Waals surface area (Å²) < 4.78 is 3.50. The van der Waals surface area contributed by atoms with Crippen LogP contribution in [0.1, 0.15) is 17.6 Å². The van der Waals surface area contributed by atoms with E-state index < -0.39 is 17.5 Å². The lowest BCUT2D eigenvalue weighted by Crippen LogP contribution is -2.37. The number of nitrogens with zero attached hydrogens (tertiary/aromatic N) is 5. The number of aryl methyl sites for hydroxylation is 1. The van der Waals surface area contributed by atoms with Crippen LogP contribution < -0.4 is 11.2 Å². The summed E-state index contributed by atoms with van der Waals surface area (Å²) in [6, 6.07) is 10.7. The zero-order chi connectivity index (χ0) is 17.4. The van der Waals surface area contributed by atoms with Crippen LogP contribution in [0.3, 0.4) is 0 Å². The molecule has 8 heteroatoms. The Bertz CT molecular complexity index is 1070. The molecule has 0 unspecified atom stereocenters. The molecule has 0 fully saturated rings. The topological polar surface area (TPSA) is 106 Å². The van der Waals surface area contributed by atoms with Crippen LogP contribution in [-0.4, -0.2) is 23.8 Å². The molecule has 0 radical (unpaired) electrons. The molecule has 8 nitrogen and oxygen atoms in total. The third-order valence-corrected chi connectivity index (χ3v) is 3.94. The highest BCUT2D eigenvalue weighted by Gasteiger charge is 2.23. The largest absolute Gasteiger partial charge is 0.369 e. The molecule has 3 rings (SSSR count). The van der Waals surface area contributed by atoms with Crippen LogP contribution in [-0.2, 0) is 20.5 Å². The molecule has 122 valence electrons. The first kappa shape index (κ1) is 15.7. The molecular formula is C16H15N5O3. The van der Waals surface area contributed by atoms with E-state index in [2.05, 4.69) is 4.98 Å². The fourth-order valence-electron chi connectivity index (χ4n) is 2.69. The molecule has 1 atom stereocenters. The second-order valence-corrected chi connectivity index (χ2v) is 5.40. The standard InChI is InChI=1S/C16H15N5O3/c1-19-13-12(15(23)20(2)16(19)24)21(11(18-13)8-9-17)14(22)10-6-4-3-5-7-10/h3-7,14,22H,8H2,1-2H3/t14-/m1/s1. The van der Waals surface area contributed by atoms with Gasteiger partial charge in [-0.3, -0.25) is 18.5 Å². The Morgan fingerprint density at radius 3 is 2.50 bits per heavy atom. The van der Waals surface area contributed by atoms with Crippen molar-refractivity contribution in [1.82, 2.24) is 18.7 Å². The molecular weight excluding hydrogens is 310 g/mol. The number of nitriles is 1. The molecule has 0 aliphatic heterocycles. The summed E-state index contributed by atoms with van der Waals surface area (Å²) in [5.41, 5.74) is -0.314. The number of aliphatic hydroxyl groups excluding tert-OH is 1. The Hall–Kier alpha value is -3.18. The molecule has 0 spiro atoms. The van der Waals surface area contributed by atoms with Crippen molar-refractivity contribution < 1.29 is 5.11 Å². The van der Waals surface area contributed by atoms with Crippen molar-refractivity contribution in [1.29, 1.82) is 5.26 Å². The quantitative estimate of drug-likeness (QED) is 0.732. The summed E-state index contributed by atoms with van der Waals surface area (Å²) >= 11 is 0. The maximum absolute atomic E-state index is 12.6. The first-order valence-electron chi connectivity index (χ1n) is 7.24. The van der Waals surface area contributed by atoms with Crippen molar-refractivity contribution >= 4 is 11.2 Å². The number of hydrogen-bond donors (Lipinski definition) is 1. The number of imidazole rings is 1. The van der Waals surface area contributed by atoms with E-state index in [0.717, 1.165) is 4.57 Å². The molecule has 0 aliphatic carbocycles. The lowest BCUT2D eigenvalue weighted by molar-refractivity contribution is 0.147. The highest BCUT2D eigenvalue weighted by molar-refractivity contribution is 5.71. The van der Waals surface area contributed by atoms with E-state index >= 15 is 0 Å². The van der Waals surface area contributed by atoms with Crippen molar-refractivity contribution in [3.05, 3.63) is 62.6 Å². The van der Waals surface area contributed by atoms with Crippen molar-refractivity contribution in [3.8, 4) is 6.07 Å². The average molecular weight is 325 g/mol. The van der Waals surface area contributed by atoms with Crippen LogP contribution in [0.5, 0.6) is 0 Å². The van der Waals surface area contributed by atoms with Gasteiger partial charge >= 0.3 is 5.69 Å². The van der Waals surface area contributed by atoms with Gasteiger partial charge in [0.05, 0.1) is 12.5 Å². The first-order chi connectivity index (χ1) is 11.5. The lowest BCUT2D eigenvalue weighted by atomic mass is 10.2. The van der Waals surface area contributed by atoms with Gasteiger partial charge in [-0.1, -0.05) is 30.3 Å². The number of rotatable bonds is 3. The van der Waals surface area contributed by atoms with Gasteiger partial charge in [0, 0.05) is 19.7 Å². The van der Waals surface area contributed by atoms with E-state index in [4.69, 9.17) is 5.26 Å². The van der Waals surface area contributed by atoms with Crippen molar-refractivity contribution in [2.45, 2.75) is 12.6 Å². The van der Waals surface area contributed by atoms with Gasteiger partial charge in [-0.15, -0.1) is 0 Å². The van der Waals surface area contributed by atoms with E-state index in [0.29, 0.717) is 5.56 Å². The van der Waals surface area contributed by atoms with E-state index in [1.807, 2.05) is 6.07 Å². The van der Waals surface area contributed by atoms with Gasteiger partial charge < -0.3 is 5.11 Å². The number of benzene rings is 1. The maximum atomic E-state index is 12.6. The smallest absolute Gasteiger partial charge is 0.332 e. The third kappa shape index (κ3) is 2.23. The van der Waals surface area contributed by atoms with Gasteiger partial charge in [0.15, 0.2) is 17.4 Å². The lowest BCUT2D eigenvalue weighted by Gasteiger charge is -2.16. The molecule has 0 amide bonds. The summed E-state index contributed by atoms with van der Waals surface area (Å²) in [5, 5.41) is 19.8. The molecule has 1 N–H and O–H groups in total. The Labute approximate surface area is 136 Å². The van der Waals surface area contributed by atoms with E-state index in [1.165, 1.54) is 23.2 Å². The minimum absolute atomic E-state index is 0.0844. The minimum atomic E-state index is -1.19. The number of fused-ring (bicyclic) bond motifs is 1. The van der Waals surface area contributed by atoms with Crippen molar-refractivity contribution in [2.75, 3.05) is 0 Å². The van der Waals surface area contributed by atoms with Crippen LogP contribution in [0.25, 0.3) is 11.2 Å². The molecule has 2 heterocycles. The van der Waals surface area contributed by atoms with Crippen LogP contribution in [0, 0.1) is 11.3 Å². The Morgan fingerprint density at radius 1 is 1.21 bits per heavy atom. The molecule has 2 aromatic heterocycles. The summed E-state index contributed by atoms with van der Waals surface area (Å²) in [7, 11) is 2.85. The average Bonchev–Trinajstić information content (AvgIpc) is 2.98. The van der Waals surface area contributed by atoms with Gasteiger partial charge in [-0.05, 0) is 0 Å². The van der Waals surface area contributed by atoms with E-state index in [9.17, 15) is 14.7 Å². The predicted molar refractivity (Wildman–Crippen MR) is 86.3 cm³/mol. The number of hydrogen-bond acceptors (Lipinski definition) is 5. The first-order valence-corrected chi connectivity index (χ1v) is 7.24. The molecule has 0 saturated heterocycles. The van der Waals surface area contributed by atoms with Crippen LogP contribution in [0.15, 0.2) is 39.9 Å². The number of aromatic nitrogens is 4. The summed E-state index contributed by atoms with van der Waals surface area (Å²) in [6.07, 6.45) is -1.29. The monoisotopic (exact) mass is 325 g/mol. The van der Waals surface area contributed by atoms with Crippen LogP contribution >= 0.6 is 0 Å². The predicted octanol–water partition coefficient (Wildman–Crippen LogP) is 0.0390. The Kier molecular flexibility index (Phi) is 3.79. The highest BCUT2D eigenvalue weighted by atomic mass is 16.3. The van der Waals surface area contributed by atoms with Crippen LogP contribution in [0.4, 0.5) is 0 Å². The van der Waals surface area contributed by atoms with Gasteiger partial charge in [0.2, 0.25) is 0 Å². The molecule has 1 aromatic carbocycles. The molecule has 0 bridgehead atoms. The Balaban J connectivity index is 2.42. The summed E-state index contributed by atoms with van der Waals surface area (Å²) in [6.45, 7) is 0. The molecule has 0 aliphatic rings. The normalized spacial score (nSPS) is 12.2. The van der Waals surface area contributed by atoms with Gasteiger partial charge in [0.1, 0.15) is 5.82 Å². The molecule has 3 aromatic rings. The van der Waals surface area contributed by atoms with E-state index in [-0.39, 0.29) is 23.4 Å². The van der Waals surface area contributed by atoms with Crippen LogP contribution in [0.2, 0.25) is 0 Å². The van der Waals surface area contributed by atoms with Crippen molar-refractivity contribution in [3.63, 3.8) is 0 Å². The SMILES string of the molecule is Cn1c(=O)c2c(nc(CC#N)n2[C@H](O)c2ccccc2)n(C)c1=O.